The molecule has 0 bridgehead atoms. The summed E-state index contributed by atoms with van der Waals surface area (Å²) in [6.45, 7) is 4.08. The van der Waals surface area contributed by atoms with E-state index in [1.807, 2.05) is 25.1 Å². The minimum atomic E-state index is -0.0514. The molecule has 8 heteroatoms. The van der Waals surface area contributed by atoms with E-state index < -0.39 is 0 Å². The number of rotatable bonds is 6. The predicted molar refractivity (Wildman–Crippen MR) is 94.5 cm³/mol. The Morgan fingerprint density at radius 2 is 2.05 bits per heavy atom. The van der Waals surface area contributed by atoms with Gasteiger partial charge in [0.2, 0.25) is 5.91 Å². The lowest BCUT2D eigenvalue weighted by atomic mass is 10.2. The molecule has 0 saturated carbocycles. The molecule has 0 radical (unpaired) electrons. The number of aromatic nitrogens is 2. The summed E-state index contributed by atoms with van der Waals surface area (Å²) >= 11 is 8.04. The first-order valence-corrected chi connectivity index (χ1v) is 9.81. The van der Waals surface area contributed by atoms with Crippen molar-refractivity contribution < 1.29 is 4.79 Å². The van der Waals surface area contributed by atoms with E-state index in [-0.39, 0.29) is 5.91 Å². The van der Waals surface area contributed by atoms with Crippen LogP contribution >= 0.6 is 50.8 Å². The summed E-state index contributed by atoms with van der Waals surface area (Å²) < 4.78 is 2.66. The molecule has 0 aliphatic heterocycles. The van der Waals surface area contributed by atoms with Gasteiger partial charge in [0.05, 0.1) is 11.4 Å². The number of halogens is 1. The molecular weight excluding hydrogens is 390 g/mol. The smallest absolute Gasteiger partial charge is 0.234 e. The Balaban J connectivity index is 1.86. The van der Waals surface area contributed by atoms with Gasteiger partial charge in [-0.05, 0) is 46.3 Å². The molecule has 1 heterocycles. The molecule has 1 aromatic carbocycles. The van der Waals surface area contributed by atoms with Gasteiger partial charge in [-0.25, -0.2) is 0 Å². The Morgan fingerprint density at radius 3 is 2.71 bits per heavy atom. The second-order valence-electron chi connectivity index (χ2n) is 4.09. The summed E-state index contributed by atoms with van der Waals surface area (Å²) in [5, 5.41) is 11.0. The Labute approximate surface area is 144 Å². The minimum Gasteiger partial charge on any atom is -0.324 e. The van der Waals surface area contributed by atoms with E-state index in [0.29, 0.717) is 5.75 Å². The van der Waals surface area contributed by atoms with Crippen LogP contribution in [-0.4, -0.2) is 27.6 Å². The number of carbonyl (C=O) groups excluding carboxylic acids is 1. The Kier molecular flexibility index (Phi) is 6.53. The zero-order valence-electron chi connectivity index (χ0n) is 11.6. The van der Waals surface area contributed by atoms with Gasteiger partial charge in [-0.3, -0.25) is 4.79 Å². The number of hydrogen-bond donors (Lipinski definition) is 1. The number of nitrogens with zero attached hydrogens (tertiary/aromatic N) is 2. The van der Waals surface area contributed by atoms with Crippen LogP contribution in [0.25, 0.3) is 0 Å². The van der Waals surface area contributed by atoms with Crippen molar-refractivity contribution in [2.24, 2.45) is 0 Å². The van der Waals surface area contributed by atoms with Crippen LogP contribution in [-0.2, 0) is 4.79 Å². The number of carbonyl (C=O) groups is 1. The molecule has 0 aliphatic rings. The van der Waals surface area contributed by atoms with Crippen LogP contribution < -0.4 is 5.32 Å². The molecule has 0 fully saturated rings. The average Bonchev–Trinajstić information content (AvgIpc) is 2.88. The number of nitrogens with one attached hydrogen (secondary N) is 1. The van der Waals surface area contributed by atoms with Gasteiger partial charge in [-0.2, -0.15) is 0 Å². The lowest BCUT2D eigenvalue weighted by Gasteiger charge is -2.07. The van der Waals surface area contributed by atoms with E-state index in [2.05, 4.69) is 38.4 Å². The van der Waals surface area contributed by atoms with Crippen LogP contribution in [0.3, 0.4) is 0 Å². The SMILES string of the molecule is CCSc1nnc(SCC(=O)Nc2ccc(C)cc2Br)s1. The summed E-state index contributed by atoms with van der Waals surface area (Å²) in [5.41, 5.74) is 1.93. The molecule has 1 aromatic heterocycles. The standard InChI is InChI=1S/C13H14BrN3OS3/c1-3-19-12-16-17-13(21-12)20-7-11(18)15-10-5-4-8(2)6-9(10)14/h4-6H,3,7H2,1-2H3,(H,15,18). The Hall–Kier alpha value is -0.570. The summed E-state index contributed by atoms with van der Waals surface area (Å²) in [4.78, 5) is 12.0. The Bertz CT molecular complexity index is 633. The average molecular weight is 404 g/mol. The summed E-state index contributed by atoms with van der Waals surface area (Å²) in [6.07, 6.45) is 0. The van der Waals surface area contributed by atoms with Crippen molar-refractivity contribution in [3.8, 4) is 0 Å². The van der Waals surface area contributed by atoms with E-state index in [1.165, 1.54) is 23.1 Å². The molecule has 0 unspecified atom stereocenters. The lowest BCUT2D eigenvalue weighted by molar-refractivity contribution is -0.113. The topological polar surface area (TPSA) is 54.9 Å². The van der Waals surface area contributed by atoms with Crippen LogP contribution in [0.4, 0.5) is 5.69 Å². The second kappa shape index (κ2) is 8.17. The van der Waals surface area contributed by atoms with Gasteiger partial charge in [0.15, 0.2) is 8.68 Å². The molecule has 112 valence electrons. The number of hydrogen-bond acceptors (Lipinski definition) is 6. The normalized spacial score (nSPS) is 10.6. The lowest BCUT2D eigenvalue weighted by Crippen LogP contribution is -2.14. The number of anilines is 1. The van der Waals surface area contributed by atoms with Crippen molar-refractivity contribution in [2.75, 3.05) is 16.8 Å². The van der Waals surface area contributed by atoms with Crippen molar-refractivity contribution in [2.45, 2.75) is 22.5 Å². The molecule has 0 saturated heterocycles. The van der Waals surface area contributed by atoms with Gasteiger partial charge < -0.3 is 5.32 Å². The highest BCUT2D eigenvalue weighted by Crippen LogP contribution is 2.29. The molecule has 21 heavy (non-hydrogen) atoms. The maximum absolute atomic E-state index is 12.0. The van der Waals surface area contributed by atoms with Crippen molar-refractivity contribution in [3.05, 3.63) is 28.2 Å². The van der Waals surface area contributed by atoms with E-state index in [4.69, 9.17) is 0 Å². The third-order valence-corrected chi connectivity index (χ3v) is 6.11. The maximum atomic E-state index is 12.0. The van der Waals surface area contributed by atoms with Crippen molar-refractivity contribution in [3.63, 3.8) is 0 Å². The van der Waals surface area contributed by atoms with Gasteiger partial charge in [-0.1, -0.05) is 47.9 Å². The molecule has 0 aliphatic carbocycles. The highest BCUT2D eigenvalue weighted by molar-refractivity contribution is 9.10. The number of amides is 1. The van der Waals surface area contributed by atoms with Crippen molar-refractivity contribution in [1.29, 1.82) is 0 Å². The van der Waals surface area contributed by atoms with Gasteiger partial charge >= 0.3 is 0 Å². The highest BCUT2D eigenvalue weighted by Gasteiger charge is 2.09. The van der Waals surface area contributed by atoms with Crippen LogP contribution in [0.5, 0.6) is 0 Å². The molecule has 0 atom stereocenters. The quantitative estimate of drug-likeness (QED) is 0.721. The molecule has 4 nitrogen and oxygen atoms in total. The monoisotopic (exact) mass is 403 g/mol. The molecule has 2 aromatic rings. The van der Waals surface area contributed by atoms with Crippen LogP contribution in [0.15, 0.2) is 31.4 Å². The molecule has 1 N–H and O–H groups in total. The fraction of sp³-hybridized carbons (Fsp3) is 0.308. The van der Waals surface area contributed by atoms with Gasteiger partial charge in [0, 0.05) is 4.47 Å². The fourth-order valence-corrected chi connectivity index (χ4v) is 4.78. The first-order chi connectivity index (χ1) is 10.1. The first-order valence-electron chi connectivity index (χ1n) is 6.23. The van der Waals surface area contributed by atoms with Gasteiger partial charge in [0.1, 0.15) is 0 Å². The van der Waals surface area contributed by atoms with Crippen LogP contribution in [0, 0.1) is 6.92 Å². The predicted octanol–water partition coefficient (Wildman–Crippen LogP) is 4.45. The van der Waals surface area contributed by atoms with E-state index >= 15 is 0 Å². The Morgan fingerprint density at radius 1 is 1.33 bits per heavy atom. The number of benzene rings is 1. The first kappa shape index (κ1) is 16.8. The van der Waals surface area contributed by atoms with Gasteiger partial charge in [-0.15, -0.1) is 10.2 Å². The number of aryl methyl sites for hydroxylation is 1. The van der Waals surface area contributed by atoms with Crippen molar-refractivity contribution >= 4 is 62.4 Å². The zero-order valence-corrected chi connectivity index (χ0v) is 15.6. The van der Waals surface area contributed by atoms with Gasteiger partial charge in [0.25, 0.3) is 0 Å². The fourth-order valence-electron chi connectivity index (χ4n) is 1.47. The summed E-state index contributed by atoms with van der Waals surface area (Å²) in [6, 6.07) is 5.83. The van der Waals surface area contributed by atoms with Crippen molar-refractivity contribution in [1.82, 2.24) is 10.2 Å². The third-order valence-electron chi connectivity index (χ3n) is 2.38. The van der Waals surface area contributed by atoms with E-state index in [1.54, 1.807) is 11.8 Å². The molecule has 0 spiro atoms. The summed E-state index contributed by atoms with van der Waals surface area (Å²) in [7, 11) is 0. The zero-order chi connectivity index (χ0) is 15.2. The minimum absolute atomic E-state index is 0.0514. The van der Waals surface area contributed by atoms with Crippen LogP contribution in [0.1, 0.15) is 12.5 Å². The molecule has 1 amide bonds. The highest BCUT2D eigenvalue weighted by atomic mass is 79.9. The van der Waals surface area contributed by atoms with Crippen LogP contribution in [0.2, 0.25) is 0 Å². The second-order valence-corrected chi connectivity index (χ2v) is 8.65. The maximum Gasteiger partial charge on any atom is 0.234 e. The van der Waals surface area contributed by atoms with E-state index in [0.717, 1.165) is 30.2 Å². The largest absolute Gasteiger partial charge is 0.324 e. The third kappa shape index (κ3) is 5.28. The summed E-state index contributed by atoms with van der Waals surface area (Å²) in [5.74, 6) is 1.25. The van der Waals surface area contributed by atoms with E-state index in [9.17, 15) is 4.79 Å². The molecular formula is C13H14BrN3OS3. The molecule has 2 rings (SSSR count). The number of thioether (sulfide) groups is 2.